The van der Waals surface area contributed by atoms with Crippen LogP contribution in [-0.4, -0.2) is 74.7 Å². The summed E-state index contributed by atoms with van der Waals surface area (Å²) in [6.45, 7) is 5.91. The first-order valence-corrected chi connectivity index (χ1v) is 11.6. The third-order valence-electron chi connectivity index (χ3n) is 7.10. The topological polar surface area (TPSA) is 42.9 Å². The molecular weight excluding hydrogens is 461 g/mol. The molecule has 0 aromatic carbocycles. The minimum atomic E-state index is 0. The highest BCUT2D eigenvalue weighted by molar-refractivity contribution is 14.0. The molecule has 6 heteroatoms. The summed E-state index contributed by atoms with van der Waals surface area (Å²) in [6, 6.07) is 1.38. The molecular formula is C22H44IN5. The highest BCUT2D eigenvalue weighted by Gasteiger charge is 2.23. The average Bonchev–Trinajstić information content (AvgIpc) is 3.24. The van der Waals surface area contributed by atoms with Gasteiger partial charge in [-0.2, -0.15) is 0 Å². The van der Waals surface area contributed by atoms with Gasteiger partial charge in [-0.25, -0.2) is 0 Å². The largest absolute Gasteiger partial charge is 0.355 e. The van der Waals surface area contributed by atoms with E-state index in [9.17, 15) is 0 Å². The van der Waals surface area contributed by atoms with Crippen LogP contribution in [0.1, 0.15) is 70.6 Å². The molecule has 2 N–H and O–H groups in total. The quantitative estimate of drug-likeness (QED) is 0.315. The van der Waals surface area contributed by atoms with Crippen molar-refractivity contribution in [3.8, 4) is 0 Å². The van der Waals surface area contributed by atoms with Crippen molar-refractivity contribution in [1.82, 2.24) is 20.4 Å². The van der Waals surface area contributed by atoms with Crippen LogP contribution in [0.15, 0.2) is 4.99 Å². The second-order valence-electron chi connectivity index (χ2n) is 9.14. The monoisotopic (exact) mass is 505 g/mol. The molecule has 2 aliphatic carbocycles. The molecule has 0 aromatic heterocycles. The van der Waals surface area contributed by atoms with Crippen molar-refractivity contribution in [3.05, 3.63) is 0 Å². The fraction of sp³-hybridized carbons (Fsp3) is 0.955. The fourth-order valence-electron chi connectivity index (χ4n) is 5.26. The molecule has 1 aliphatic heterocycles. The summed E-state index contributed by atoms with van der Waals surface area (Å²) in [5.41, 5.74) is 0. The van der Waals surface area contributed by atoms with Gasteiger partial charge in [0.25, 0.3) is 0 Å². The number of nitrogens with zero attached hydrogens (tertiary/aromatic N) is 3. The highest BCUT2D eigenvalue weighted by atomic mass is 127. The maximum absolute atomic E-state index is 4.45. The normalized spacial score (nSPS) is 23.8. The minimum absolute atomic E-state index is 0. The standard InChI is InChI=1S/C22H43N5.HI/c1-23-22(24-14-17-26(2)21-10-6-7-11-21)25-20-12-15-27(16-13-20)18-19-8-4-3-5-9-19;/h19-21H,3-18H2,1-2H3,(H2,23,24,25);1H. The van der Waals surface area contributed by atoms with Crippen LogP contribution in [-0.2, 0) is 0 Å². The molecule has 1 heterocycles. The molecule has 3 fully saturated rings. The van der Waals surface area contributed by atoms with Gasteiger partial charge in [0.1, 0.15) is 0 Å². The third kappa shape index (κ3) is 7.98. The Kier molecular flexibility index (Phi) is 11.5. The van der Waals surface area contributed by atoms with Crippen LogP contribution in [0.3, 0.4) is 0 Å². The Bertz CT molecular complexity index is 438. The first-order chi connectivity index (χ1) is 13.2. The Morgan fingerprint density at radius 3 is 2.25 bits per heavy atom. The van der Waals surface area contributed by atoms with Crippen LogP contribution in [0.2, 0.25) is 0 Å². The SMILES string of the molecule is CN=C(NCCN(C)C1CCCC1)NC1CCN(CC2CCCCC2)CC1.I. The van der Waals surface area contributed by atoms with Gasteiger partial charge in [0.15, 0.2) is 5.96 Å². The lowest BCUT2D eigenvalue weighted by atomic mass is 9.88. The number of piperidine rings is 1. The van der Waals surface area contributed by atoms with Crippen LogP contribution in [0.25, 0.3) is 0 Å². The number of guanidine groups is 1. The van der Waals surface area contributed by atoms with Crippen LogP contribution >= 0.6 is 24.0 Å². The molecule has 0 aromatic rings. The molecule has 3 aliphatic rings. The summed E-state index contributed by atoms with van der Waals surface area (Å²) in [5.74, 6) is 1.95. The lowest BCUT2D eigenvalue weighted by Crippen LogP contribution is -2.50. The number of nitrogens with one attached hydrogen (secondary N) is 2. The molecule has 3 rings (SSSR count). The first-order valence-electron chi connectivity index (χ1n) is 11.6. The number of hydrogen-bond acceptors (Lipinski definition) is 3. The summed E-state index contributed by atoms with van der Waals surface area (Å²) in [6.07, 6.45) is 15.4. The Hall–Kier alpha value is -0.0800. The molecule has 0 spiro atoms. The smallest absolute Gasteiger partial charge is 0.191 e. The first kappa shape index (κ1) is 24.2. The molecule has 28 heavy (non-hydrogen) atoms. The third-order valence-corrected chi connectivity index (χ3v) is 7.10. The van der Waals surface area contributed by atoms with Gasteiger partial charge in [-0.3, -0.25) is 4.99 Å². The summed E-state index contributed by atoms with van der Waals surface area (Å²) in [5, 5.41) is 7.20. The predicted molar refractivity (Wildman–Crippen MR) is 131 cm³/mol. The van der Waals surface area contributed by atoms with Gasteiger partial charge >= 0.3 is 0 Å². The highest BCUT2D eigenvalue weighted by Crippen LogP contribution is 2.25. The second kappa shape index (κ2) is 13.3. The van der Waals surface area contributed by atoms with E-state index >= 15 is 0 Å². The lowest BCUT2D eigenvalue weighted by Gasteiger charge is -2.36. The summed E-state index contributed by atoms with van der Waals surface area (Å²) >= 11 is 0. The summed E-state index contributed by atoms with van der Waals surface area (Å²) < 4.78 is 0. The Balaban J connectivity index is 0.00000280. The number of hydrogen-bond donors (Lipinski definition) is 2. The zero-order valence-electron chi connectivity index (χ0n) is 18.3. The van der Waals surface area contributed by atoms with Crippen molar-refractivity contribution >= 4 is 29.9 Å². The zero-order chi connectivity index (χ0) is 18.9. The molecule has 0 unspecified atom stereocenters. The maximum Gasteiger partial charge on any atom is 0.191 e. The Morgan fingerprint density at radius 1 is 0.964 bits per heavy atom. The van der Waals surface area contributed by atoms with Gasteiger partial charge in [0.2, 0.25) is 0 Å². The second-order valence-corrected chi connectivity index (χ2v) is 9.14. The Morgan fingerprint density at radius 2 is 1.61 bits per heavy atom. The van der Waals surface area contributed by atoms with E-state index in [-0.39, 0.29) is 24.0 Å². The van der Waals surface area contributed by atoms with Gasteiger partial charge in [0.05, 0.1) is 0 Å². The van der Waals surface area contributed by atoms with E-state index in [1.165, 1.54) is 90.3 Å². The zero-order valence-corrected chi connectivity index (χ0v) is 20.6. The molecule has 0 radical (unpaired) electrons. The van der Waals surface area contributed by atoms with Crippen molar-refractivity contribution in [2.45, 2.75) is 82.7 Å². The lowest BCUT2D eigenvalue weighted by molar-refractivity contribution is 0.160. The van der Waals surface area contributed by atoms with E-state index < -0.39 is 0 Å². The molecule has 5 nitrogen and oxygen atoms in total. The van der Waals surface area contributed by atoms with Crippen molar-refractivity contribution in [2.24, 2.45) is 10.9 Å². The van der Waals surface area contributed by atoms with Crippen LogP contribution in [0.5, 0.6) is 0 Å². The van der Waals surface area contributed by atoms with Crippen LogP contribution in [0, 0.1) is 5.92 Å². The Labute approximate surface area is 190 Å². The van der Waals surface area contributed by atoms with E-state index in [0.717, 1.165) is 31.0 Å². The van der Waals surface area contributed by atoms with E-state index in [1.54, 1.807) is 0 Å². The molecule has 0 atom stereocenters. The molecule has 2 saturated carbocycles. The van der Waals surface area contributed by atoms with Gasteiger partial charge < -0.3 is 20.4 Å². The molecule has 1 saturated heterocycles. The molecule has 0 amide bonds. The molecule has 164 valence electrons. The number of halogens is 1. The average molecular weight is 506 g/mol. The van der Waals surface area contributed by atoms with Crippen molar-refractivity contribution in [1.29, 1.82) is 0 Å². The number of likely N-dealkylation sites (tertiary alicyclic amines) is 1. The van der Waals surface area contributed by atoms with Gasteiger partial charge in [-0.1, -0.05) is 32.1 Å². The van der Waals surface area contributed by atoms with E-state index in [4.69, 9.17) is 0 Å². The van der Waals surface area contributed by atoms with Crippen molar-refractivity contribution in [3.63, 3.8) is 0 Å². The summed E-state index contributed by atoms with van der Waals surface area (Å²) in [4.78, 5) is 9.69. The number of aliphatic imine (C=N–C) groups is 1. The van der Waals surface area contributed by atoms with Gasteiger partial charge in [-0.05, 0) is 51.5 Å². The fourth-order valence-corrected chi connectivity index (χ4v) is 5.26. The van der Waals surface area contributed by atoms with E-state index in [0.29, 0.717) is 6.04 Å². The number of likely N-dealkylation sites (N-methyl/N-ethyl adjacent to an activating group) is 1. The van der Waals surface area contributed by atoms with Gasteiger partial charge in [-0.15, -0.1) is 24.0 Å². The van der Waals surface area contributed by atoms with Crippen LogP contribution in [0.4, 0.5) is 0 Å². The van der Waals surface area contributed by atoms with Gasteiger partial charge in [0, 0.05) is 51.9 Å². The minimum Gasteiger partial charge on any atom is -0.355 e. The van der Waals surface area contributed by atoms with Crippen molar-refractivity contribution < 1.29 is 0 Å². The van der Waals surface area contributed by atoms with E-state index in [2.05, 4.69) is 32.5 Å². The summed E-state index contributed by atoms with van der Waals surface area (Å²) in [7, 11) is 4.17. The van der Waals surface area contributed by atoms with Crippen LogP contribution < -0.4 is 10.6 Å². The maximum atomic E-state index is 4.45. The van der Waals surface area contributed by atoms with Crippen molar-refractivity contribution in [2.75, 3.05) is 46.8 Å². The molecule has 0 bridgehead atoms. The van der Waals surface area contributed by atoms with E-state index in [1.807, 2.05) is 7.05 Å². The number of rotatable bonds is 7. The predicted octanol–water partition coefficient (Wildman–Crippen LogP) is 3.69.